The average molecular weight is 286 g/mol. The molecule has 0 bridgehead atoms. The van der Waals surface area contributed by atoms with E-state index in [1.807, 2.05) is 0 Å². The molecule has 0 saturated carbocycles. The van der Waals surface area contributed by atoms with Crippen molar-refractivity contribution in [3.8, 4) is 5.75 Å². The summed E-state index contributed by atoms with van der Waals surface area (Å²) < 4.78 is 51.2. The molecular formula is C15H17F3O2. The smallest absolute Gasteiger partial charge is 0.394 e. The maximum Gasteiger partial charge on any atom is 0.394 e. The van der Waals surface area contributed by atoms with Gasteiger partial charge in [0.15, 0.2) is 0 Å². The van der Waals surface area contributed by atoms with Gasteiger partial charge in [-0.3, -0.25) is 0 Å². The van der Waals surface area contributed by atoms with Crippen LogP contribution in [-0.2, 0) is 16.8 Å². The summed E-state index contributed by atoms with van der Waals surface area (Å²) in [6.07, 6.45) is -2.68. The Morgan fingerprint density at radius 2 is 2.15 bits per heavy atom. The van der Waals surface area contributed by atoms with E-state index in [4.69, 9.17) is 9.47 Å². The van der Waals surface area contributed by atoms with Gasteiger partial charge in [0.25, 0.3) is 0 Å². The SMILES string of the molecule is COc1cccc2c1CC[C@H](C(F)(F)F)[C@]21CCCO1. The molecule has 1 aliphatic carbocycles. The van der Waals surface area contributed by atoms with Crippen LogP contribution in [0.2, 0.25) is 0 Å². The first-order valence-electron chi connectivity index (χ1n) is 6.86. The lowest BCUT2D eigenvalue weighted by atomic mass is 9.69. The fourth-order valence-corrected chi connectivity index (χ4v) is 3.70. The molecule has 0 aromatic heterocycles. The standard InChI is InChI=1S/C15H17F3O2/c1-19-12-5-2-4-11-10(12)6-7-13(15(16,17)18)14(11)8-3-9-20-14/h2,4-5,13H,3,6-9H2,1H3/t13-,14-/m0/s1. The Labute approximate surface area is 115 Å². The van der Waals surface area contributed by atoms with Gasteiger partial charge in [0.05, 0.1) is 13.0 Å². The first kappa shape index (κ1) is 13.7. The van der Waals surface area contributed by atoms with Crippen LogP contribution in [0.25, 0.3) is 0 Å². The van der Waals surface area contributed by atoms with Crippen molar-refractivity contribution in [1.29, 1.82) is 0 Å². The minimum atomic E-state index is -4.23. The van der Waals surface area contributed by atoms with Crippen molar-refractivity contribution in [2.75, 3.05) is 13.7 Å². The van der Waals surface area contributed by atoms with Gasteiger partial charge in [-0.15, -0.1) is 0 Å². The predicted molar refractivity (Wildman–Crippen MR) is 67.7 cm³/mol. The molecule has 1 aromatic rings. The monoisotopic (exact) mass is 286 g/mol. The second kappa shape index (κ2) is 4.65. The highest BCUT2D eigenvalue weighted by molar-refractivity contribution is 5.46. The highest BCUT2D eigenvalue weighted by atomic mass is 19.4. The highest BCUT2D eigenvalue weighted by Gasteiger charge is 2.58. The number of rotatable bonds is 1. The molecule has 0 unspecified atom stereocenters. The lowest BCUT2D eigenvalue weighted by molar-refractivity contribution is -0.237. The minimum Gasteiger partial charge on any atom is -0.496 e. The quantitative estimate of drug-likeness (QED) is 0.781. The second-order valence-corrected chi connectivity index (χ2v) is 5.46. The second-order valence-electron chi connectivity index (χ2n) is 5.46. The summed E-state index contributed by atoms with van der Waals surface area (Å²) in [4.78, 5) is 0. The maximum absolute atomic E-state index is 13.4. The minimum absolute atomic E-state index is 0.0663. The topological polar surface area (TPSA) is 18.5 Å². The molecule has 2 nitrogen and oxygen atoms in total. The number of hydrogen-bond donors (Lipinski definition) is 0. The summed E-state index contributed by atoms with van der Waals surface area (Å²) in [5, 5.41) is 0. The van der Waals surface area contributed by atoms with E-state index < -0.39 is 17.7 Å². The normalized spacial score (nSPS) is 29.5. The van der Waals surface area contributed by atoms with Crippen LogP contribution in [0.1, 0.15) is 30.4 Å². The zero-order chi connectivity index (χ0) is 14.4. The van der Waals surface area contributed by atoms with Crippen LogP contribution < -0.4 is 4.74 Å². The van der Waals surface area contributed by atoms with Crippen LogP contribution in [0.5, 0.6) is 5.75 Å². The van der Waals surface area contributed by atoms with Gasteiger partial charge in [-0.2, -0.15) is 13.2 Å². The maximum atomic E-state index is 13.4. The average Bonchev–Trinajstić information content (AvgIpc) is 2.87. The molecule has 0 radical (unpaired) electrons. The third kappa shape index (κ3) is 1.91. The Morgan fingerprint density at radius 3 is 2.75 bits per heavy atom. The molecule has 5 heteroatoms. The summed E-state index contributed by atoms with van der Waals surface area (Å²) in [5.41, 5.74) is 0.334. The van der Waals surface area contributed by atoms with E-state index in [1.54, 1.807) is 25.3 Å². The lowest BCUT2D eigenvalue weighted by Crippen LogP contribution is -2.46. The Morgan fingerprint density at radius 1 is 1.35 bits per heavy atom. The van der Waals surface area contributed by atoms with Gasteiger partial charge in [-0.25, -0.2) is 0 Å². The van der Waals surface area contributed by atoms with Gasteiger partial charge in [0.2, 0.25) is 0 Å². The Bertz CT molecular complexity index is 504. The van der Waals surface area contributed by atoms with E-state index in [0.717, 1.165) is 5.56 Å². The van der Waals surface area contributed by atoms with Crippen molar-refractivity contribution in [2.24, 2.45) is 5.92 Å². The summed E-state index contributed by atoms with van der Waals surface area (Å²) in [6.45, 7) is 0.392. The van der Waals surface area contributed by atoms with Gasteiger partial charge >= 0.3 is 6.18 Å². The summed E-state index contributed by atoms with van der Waals surface area (Å²) >= 11 is 0. The summed E-state index contributed by atoms with van der Waals surface area (Å²) in [7, 11) is 1.55. The molecule has 0 N–H and O–H groups in total. The number of alkyl halides is 3. The van der Waals surface area contributed by atoms with Crippen molar-refractivity contribution in [3.05, 3.63) is 29.3 Å². The first-order valence-corrected chi connectivity index (χ1v) is 6.86. The van der Waals surface area contributed by atoms with Crippen molar-refractivity contribution in [2.45, 2.75) is 37.5 Å². The Balaban J connectivity index is 2.15. The van der Waals surface area contributed by atoms with E-state index in [0.29, 0.717) is 37.2 Å². The largest absolute Gasteiger partial charge is 0.496 e. The van der Waals surface area contributed by atoms with Crippen molar-refractivity contribution in [3.63, 3.8) is 0 Å². The predicted octanol–water partition coefficient (Wildman–Crippen LogP) is 3.83. The molecule has 1 aromatic carbocycles. The Hall–Kier alpha value is -1.23. The molecule has 2 atom stereocenters. The molecule has 1 aliphatic heterocycles. The van der Waals surface area contributed by atoms with Crippen LogP contribution >= 0.6 is 0 Å². The summed E-state index contributed by atoms with van der Waals surface area (Å²) in [6, 6.07) is 5.32. The molecule has 1 spiro atoms. The van der Waals surface area contributed by atoms with E-state index in [9.17, 15) is 13.2 Å². The lowest BCUT2D eigenvalue weighted by Gasteiger charge is -2.43. The molecule has 1 heterocycles. The fourth-order valence-electron chi connectivity index (χ4n) is 3.70. The molecule has 20 heavy (non-hydrogen) atoms. The molecular weight excluding hydrogens is 269 g/mol. The van der Waals surface area contributed by atoms with Crippen LogP contribution in [0.15, 0.2) is 18.2 Å². The van der Waals surface area contributed by atoms with Crippen LogP contribution in [-0.4, -0.2) is 19.9 Å². The van der Waals surface area contributed by atoms with Crippen LogP contribution in [0.4, 0.5) is 13.2 Å². The Kier molecular flexibility index (Phi) is 3.20. The number of benzene rings is 1. The van der Waals surface area contributed by atoms with E-state index in [1.165, 1.54) is 0 Å². The van der Waals surface area contributed by atoms with Gasteiger partial charge in [0.1, 0.15) is 11.4 Å². The molecule has 1 saturated heterocycles. The summed E-state index contributed by atoms with van der Waals surface area (Å²) in [5.74, 6) is -0.755. The van der Waals surface area contributed by atoms with Gasteiger partial charge < -0.3 is 9.47 Å². The fraction of sp³-hybridized carbons (Fsp3) is 0.600. The number of methoxy groups -OCH3 is 1. The third-order valence-electron chi connectivity index (χ3n) is 4.50. The van der Waals surface area contributed by atoms with Crippen molar-refractivity contribution in [1.82, 2.24) is 0 Å². The van der Waals surface area contributed by atoms with E-state index >= 15 is 0 Å². The van der Waals surface area contributed by atoms with Gasteiger partial charge in [-0.05, 0) is 37.3 Å². The number of ether oxygens (including phenoxy) is 2. The van der Waals surface area contributed by atoms with Crippen LogP contribution in [0, 0.1) is 5.92 Å². The van der Waals surface area contributed by atoms with Crippen molar-refractivity contribution >= 4 is 0 Å². The van der Waals surface area contributed by atoms with E-state index in [-0.39, 0.29) is 6.42 Å². The molecule has 2 aliphatic rings. The molecule has 0 amide bonds. The third-order valence-corrected chi connectivity index (χ3v) is 4.50. The molecule has 1 fully saturated rings. The van der Waals surface area contributed by atoms with Gasteiger partial charge in [-0.1, -0.05) is 12.1 Å². The first-order chi connectivity index (χ1) is 9.49. The zero-order valence-electron chi connectivity index (χ0n) is 11.3. The highest BCUT2D eigenvalue weighted by Crippen LogP contribution is 2.55. The molecule has 110 valence electrons. The van der Waals surface area contributed by atoms with Gasteiger partial charge in [0, 0.05) is 12.2 Å². The number of hydrogen-bond acceptors (Lipinski definition) is 2. The van der Waals surface area contributed by atoms with Crippen molar-refractivity contribution < 1.29 is 22.6 Å². The zero-order valence-corrected chi connectivity index (χ0v) is 11.3. The molecule has 3 rings (SSSR count). The number of halogens is 3. The number of fused-ring (bicyclic) bond motifs is 2. The van der Waals surface area contributed by atoms with E-state index in [2.05, 4.69) is 0 Å². The van der Waals surface area contributed by atoms with Crippen LogP contribution in [0.3, 0.4) is 0 Å².